The summed E-state index contributed by atoms with van der Waals surface area (Å²) in [7, 11) is 1.40. The molecule has 122 valence electrons. The van der Waals surface area contributed by atoms with Crippen LogP contribution in [0.5, 0.6) is 0 Å². The molecule has 6 heteroatoms. The summed E-state index contributed by atoms with van der Waals surface area (Å²) in [6.45, 7) is 1.48. The van der Waals surface area contributed by atoms with E-state index < -0.39 is 0 Å². The highest BCUT2D eigenvalue weighted by molar-refractivity contribution is 8.00. The van der Waals surface area contributed by atoms with Crippen LogP contribution in [0.4, 0.5) is 0 Å². The number of aromatic amines is 1. The highest BCUT2D eigenvalue weighted by atomic mass is 32.2. The predicted octanol–water partition coefficient (Wildman–Crippen LogP) is 2.22. The first-order valence-electron chi connectivity index (χ1n) is 7.68. The van der Waals surface area contributed by atoms with Crippen molar-refractivity contribution in [3.8, 4) is 0 Å². The van der Waals surface area contributed by atoms with Crippen LogP contribution in [-0.2, 0) is 20.7 Å². The zero-order valence-electron chi connectivity index (χ0n) is 13.1. The topological polar surface area (TPSA) is 62.4 Å². The van der Waals surface area contributed by atoms with Gasteiger partial charge >= 0.3 is 5.97 Å². The number of methoxy groups -OCH3 is 1. The summed E-state index contributed by atoms with van der Waals surface area (Å²) < 4.78 is 4.65. The van der Waals surface area contributed by atoms with Gasteiger partial charge < -0.3 is 14.6 Å². The Hall–Kier alpha value is -1.95. The Labute approximate surface area is 139 Å². The summed E-state index contributed by atoms with van der Waals surface area (Å²) in [5.74, 6) is 0.292. The van der Waals surface area contributed by atoms with Crippen LogP contribution in [0.3, 0.4) is 0 Å². The van der Waals surface area contributed by atoms with Gasteiger partial charge in [0.2, 0.25) is 5.91 Å². The molecule has 1 aliphatic rings. The molecule has 1 amide bonds. The first-order valence-corrected chi connectivity index (χ1v) is 8.73. The highest BCUT2D eigenvalue weighted by Crippen LogP contribution is 2.24. The Balaban J connectivity index is 1.56. The third-order valence-corrected chi connectivity index (χ3v) is 5.44. The van der Waals surface area contributed by atoms with E-state index >= 15 is 0 Å². The van der Waals surface area contributed by atoms with E-state index in [1.807, 2.05) is 35.4 Å². The molecule has 1 fully saturated rings. The molecular formula is C17H20N2O3S. The number of amides is 1. The number of hydrogen-bond acceptors (Lipinski definition) is 4. The number of hydrogen-bond donors (Lipinski definition) is 1. The minimum atomic E-state index is -0.210. The summed E-state index contributed by atoms with van der Waals surface area (Å²) in [5.41, 5.74) is 2.10. The largest absolute Gasteiger partial charge is 0.468 e. The second kappa shape index (κ2) is 7.08. The molecule has 5 nitrogen and oxygen atoms in total. The fraction of sp³-hybridized carbons (Fsp3) is 0.412. The number of nitrogens with one attached hydrogen (secondary N) is 1. The van der Waals surface area contributed by atoms with Crippen LogP contribution in [0.2, 0.25) is 0 Å². The number of aromatic nitrogens is 1. The Morgan fingerprint density at radius 2 is 2.22 bits per heavy atom. The van der Waals surface area contributed by atoms with Crippen LogP contribution in [0, 0.1) is 0 Å². The van der Waals surface area contributed by atoms with E-state index in [1.165, 1.54) is 7.11 Å². The molecule has 0 unspecified atom stereocenters. The van der Waals surface area contributed by atoms with Gasteiger partial charge in [-0.1, -0.05) is 18.2 Å². The third kappa shape index (κ3) is 3.69. The van der Waals surface area contributed by atoms with Crippen molar-refractivity contribution in [3.05, 3.63) is 36.0 Å². The number of thioether (sulfide) groups is 1. The molecule has 1 aliphatic heterocycles. The summed E-state index contributed by atoms with van der Waals surface area (Å²) in [6, 6.07) is 8.01. The standard InChI is InChI=1S/C17H20N2O3S/c1-22-17(21)11-23-13-6-7-19(10-13)16(20)8-12-9-18-15-5-3-2-4-14(12)15/h2-5,9,13,18H,6-8,10-11H2,1H3/t13-/m1/s1. The monoisotopic (exact) mass is 332 g/mol. The summed E-state index contributed by atoms with van der Waals surface area (Å²) in [4.78, 5) is 28.8. The van der Waals surface area contributed by atoms with Crippen LogP contribution >= 0.6 is 11.8 Å². The maximum absolute atomic E-state index is 12.5. The van der Waals surface area contributed by atoms with Gasteiger partial charge in [0.25, 0.3) is 0 Å². The number of H-pyrrole nitrogens is 1. The first-order chi connectivity index (χ1) is 11.2. The van der Waals surface area contributed by atoms with E-state index in [4.69, 9.17) is 0 Å². The zero-order valence-corrected chi connectivity index (χ0v) is 13.9. The molecule has 2 heterocycles. The number of ether oxygens (including phenoxy) is 1. The molecule has 0 aliphatic carbocycles. The molecule has 0 saturated carbocycles. The Kier molecular flexibility index (Phi) is 4.91. The fourth-order valence-electron chi connectivity index (χ4n) is 2.89. The molecule has 1 aromatic heterocycles. The molecule has 0 bridgehead atoms. The number of carbonyl (C=O) groups excluding carboxylic acids is 2. The molecule has 1 N–H and O–H groups in total. The van der Waals surface area contributed by atoms with Gasteiger partial charge in [-0.3, -0.25) is 9.59 Å². The Bertz CT molecular complexity index is 713. The van der Waals surface area contributed by atoms with E-state index in [0.717, 1.165) is 29.4 Å². The van der Waals surface area contributed by atoms with E-state index in [9.17, 15) is 9.59 Å². The average Bonchev–Trinajstić information content (AvgIpc) is 3.20. The van der Waals surface area contributed by atoms with E-state index in [0.29, 0.717) is 24.0 Å². The maximum atomic E-state index is 12.5. The van der Waals surface area contributed by atoms with Gasteiger partial charge in [-0.05, 0) is 18.1 Å². The second-order valence-electron chi connectivity index (χ2n) is 5.67. The molecule has 1 atom stereocenters. The number of likely N-dealkylation sites (tertiary alicyclic amines) is 1. The number of carbonyl (C=O) groups is 2. The fourth-order valence-corrected chi connectivity index (χ4v) is 3.94. The maximum Gasteiger partial charge on any atom is 0.315 e. The first kappa shape index (κ1) is 15.9. The van der Waals surface area contributed by atoms with Gasteiger partial charge in [-0.15, -0.1) is 11.8 Å². The quantitative estimate of drug-likeness (QED) is 0.853. The van der Waals surface area contributed by atoms with Crippen LogP contribution in [0.25, 0.3) is 10.9 Å². The van der Waals surface area contributed by atoms with Crippen molar-refractivity contribution >= 4 is 34.5 Å². The summed E-state index contributed by atoms with van der Waals surface area (Å²) in [5, 5.41) is 1.43. The number of benzene rings is 1. The molecule has 3 rings (SSSR count). The van der Waals surface area contributed by atoms with E-state index in [1.54, 1.807) is 11.8 Å². The van der Waals surface area contributed by atoms with Gasteiger partial charge in [-0.2, -0.15) is 0 Å². The molecule has 1 aromatic carbocycles. The molecule has 0 radical (unpaired) electrons. The lowest BCUT2D eigenvalue weighted by Crippen LogP contribution is -2.30. The minimum absolute atomic E-state index is 0.149. The molecule has 1 saturated heterocycles. The Morgan fingerprint density at radius 1 is 1.39 bits per heavy atom. The van der Waals surface area contributed by atoms with E-state index in [-0.39, 0.29) is 11.9 Å². The van der Waals surface area contributed by atoms with Crippen molar-refractivity contribution in [1.29, 1.82) is 0 Å². The SMILES string of the molecule is COC(=O)CS[C@@H]1CCN(C(=O)Cc2c[nH]c3ccccc23)C1. The van der Waals surface area contributed by atoms with Crippen molar-refractivity contribution in [2.45, 2.75) is 18.1 Å². The van der Waals surface area contributed by atoms with Gasteiger partial charge in [0.1, 0.15) is 0 Å². The van der Waals surface area contributed by atoms with Gasteiger partial charge in [-0.25, -0.2) is 0 Å². The van der Waals surface area contributed by atoms with Crippen LogP contribution in [0.1, 0.15) is 12.0 Å². The molecule has 2 aromatic rings. The van der Waals surface area contributed by atoms with Crippen LogP contribution < -0.4 is 0 Å². The summed E-state index contributed by atoms with van der Waals surface area (Å²) >= 11 is 1.57. The smallest absolute Gasteiger partial charge is 0.315 e. The van der Waals surface area contributed by atoms with Gasteiger partial charge in [0, 0.05) is 35.4 Å². The zero-order chi connectivity index (χ0) is 16.2. The van der Waals surface area contributed by atoms with E-state index in [2.05, 4.69) is 9.72 Å². The van der Waals surface area contributed by atoms with Crippen molar-refractivity contribution in [3.63, 3.8) is 0 Å². The third-order valence-electron chi connectivity index (χ3n) is 4.18. The van der Waals surface area contributed by atoms with Crippen molar-refractivity contribution in [1.82, 2.24) is 9.88 Å². The van der Waals surface area contributed by atoms with Crippen LogP contribution in [-0.4, -0.2) is 53.0 Å². The number of rotatable bonds is 5. The lowest BCUT2D eigenvalue weighted by Gasteiger charge is -2.16. The molecule has 0 spiro atoms. The molecule has 23 heavy (non-hydrogen) atoms. The number of esters is 1. The second-order valence-corrected chi connectivity index (χ2v) is 6.96. The highest BCUT2D eigenvalue weighted by Gasteiger charge is 2.27. The number of nitrogens with zero attached hydrogens (tertiary/aromatic N) is 1. The van der Waals surface area contributed by atoms with Crippen LogP contribution in [0.15, 0.2) is 30.5 Å². The lowest BCUT2D eigenvalue weighted by molar-refractivity contribution is -0.137. The Morgan fingerprint density at radius 3 is 3.04 bits per heavy atom. The number of para-hydroxylation sites is 1. The summed E-state index contributed by atoms with van der Waals surface area (Å²) in [6.07, 6.45) is 3.27. The normalized spacial score (nSPS) is 17.6. The molecular weight excluding hydrogens is 312 g/mol. The van der Waals surface area contributed by atoms with Gasteiger partial charge in [0.05, 0.1) is 19.3 Å². The van der Waals surface area contributed by atoms with Crippen molar-refractivity contribution in [2.75, 3.05) is 26.0 Å². The number of fused-ring (bicyclic) bond motifs is 1. The minimum Gasteiger partial charge on any atom is -0.468 e. The van der Waals surface area contributed by atoms with Crippen molar-refractivity contribution in [2.24, 2.45) is 0 Å². The van der Waals surface area contributed by atoms with Gasteiger partial charge in [0.15, 0.2) is 0 Å². The lowest BCUT2D eigenvalue weighted by atomic mass is 10.1. The average molecular weight is 332 g/mol. The van der Waals surface area contributed by atoms with Crippen molar-refractivity contribution < 1.29 is 14.3 Å². The predicted molar refractivity (Wildman–Crippen MR) is 91.5 cm³/mol.